The van der Waals surface area contributed by atoms with Crippen LogP contribution in [0, 0.1) is 0 Å². The van der Waals surface area contributed by atoms with Crippen LogP contribution in [0.5, 0.6) is 11.5 Å². The van der Waals surface area contributed by atoms with Gasteiger partial charge in [0.15, 0.2) is 0 Å². The third-order valence-corrected chi connectivity index (χ3v) is 4.52. The van der Waals surface area contributed by atoms with Crippen LogP contribution in [0.25, 0.3) is 0 Å². The highest BCUT2D eigenvalue weighted by Crippen LogP contribution is 2.43. The zero-order chi connectivity index (χ0) is 14.4. The molecule has 0 saturated carbocycles. The Hall–Kier alpha value is -1.87. The molecule has 0 aromatic heterocycles. The fraction of sp³-hybridized carbons (Fsp3) is 0.294. The van der Waals surface area contributed by atoms with E-state index in [0.29, 0.717) is 11.1 Å². The summed E-state index contributed by atoms with van der Waals surface area (Å²) in [4.78, 5) is 0. The third-order valence-electron chi connectivity index (χ3n) is 4.29. The first-order valence-electron chi connectivity index (χ1n) is 7.14. The van der Waals surface area contributed by atoms with E-state index in [1.165, 1.54) is 11.1 Å². The van der Waals surface area contributed by atoms with Gasteiger partial charge in [-0.3, -0.25) is 0 Å². The maximum atomic E-state index is 6.24. The molecule has 4 heteroatoms. The quantitative estimate of drug-likeness (QED) is 0.856. The highest BCUT2D eigenvalue weighted by Gasteiger charge is 2.35. The van der Waals surface area contributed by atoms with Gasteiger partial charge in [-0.1, -0.05) is 17.7 Å². The van der Waals surface area contributed by atoms with Crippen molar-refractivity contribution in [1.82, 2.24) is 0 Å². The minimum Gasteiger partial charge on any atom is -0.497 e. The molecule has 1 heterocycles. The van der Waals surface area contributed by atoms with Gasteiger partial charge in [-0.2, -0.15) is 0 Å². The Bertz CT molecular complexity index is 701. The normalized spacial score (nSPS) is 22.2. The Kier molecular flexibility index (Phi) is 2.96. The van der Waals surface area contributed by atoms with E-state index in [0.717, 1.165) is 30.0 Å². The van der Waals surface area contributed by atoms with E-state index in [1.807, 2.05) is 24.3 Å². The molecule has 2 atom stereocenters. The van der Waals surface area contributed by atoms with E-state index < -0.39 is 0 Å². The lowest BCUT2D eigenvalue weighted by Gasteiger charge is -2.39. The van der Waals surface area contributed by atoms with Crippen molar-refractivity contribution >= 4 is 17.3 Å². The van der Waals surface area contributed by atoms with Crippen LogP contribution in [0.4, 0.5) is 5.69 Å². The lowest BCUT2D eigenvalue weighted by Crippen LogP contribution is -2.38. The molecule has 0 fully saturated rings. The van der Waals surface area contributed by atoms with E-state index in [4.69, 9.17) is 21.1 Å². The smallest absolute Gasteiger partial charge is 0.144 e. The number of benzene rings is 2. The standard InChI is InChI=1S/C17H16ClNO2/c1-20-12-5-2-10-3-6-15-17(13(10)9-12)21-16-8-11(18)4-7-14(16)19-15/h2,4-5,7-9,15,17,19H,3,6H2,1H3. The number of hydrogen-bond donors (Lipinski definition) is 1. The molecular weight excluding hydrogens is 286 g/mol. The second kappa shape index (κ2) is 4.85. The van der Waals surface area contributed by atoms with Crippen LogP contribution in [0.3, 0.4) is 0 Å². The highest BCUT2D eigenvalue weighted by molar-refractivity contribution is 6.30. The Labute approximate surface area is 128 Å². The van der Waals surface area contributed by atoms with Crippen molar-refractivity contribution in [2.75, 3.05) is 12.4 Å². The van der Waals surface area contributed by atoms with Crippen LogP contribution < -0.4 is 14.8 Å². The summed E-state index contributed by atoms with van der Waals surface area (Å²) < 4.78 is 11.6. The van der Waals surface area contributed by atoms with Gasteiger partial charge in [0.25, 0.3) is 0 Å². The number of halogens is 1. The van der Waals surface area contributed by atoms with E-state index in [1.54, 1.807) is 7.11 Å². The monoisotopic (exact) mass is 301 g/mol. The summed E-state index contributed by atoms with van der Waals surface area (Å²) in [6.07, 6.45) is 2.13. The Balaban J connectivity index is 1.76. The van der Waals surface area contributed by atoms with Crippen LogP contribution in [0.1, 0.15) is 23.7 Å². The molecule has 2 aliphatic rings. The van der Waals surface area contributed by atoms with Gasteiger partial charge < -0.3 is 14.8 Å². The molecule has 0 bridgehead atoms. The molecule has 0 amide bonds. The highest BCUT2D eigenvalue weighted by atomic mass is 35.5. The van der Waals surface area contributed by atoms with Crippen LogP contribution in [0.2, 0.25) is 5.02 Å². The van der Waals surface area contributed by atoms with Crippen molar-refractivity contribution in [2.24, 2.45) is 0 Å². The zero-order valence-corrected chi connectivity index (χ0v) is 12.5. The van der Waals surface area contributed by atoms with Gasteiger partial charge in [-0.15, -0.1) is 0 Å². The Morgan fingerprint density at radius 2 is 2.14 bits per heavy atom. The average molecular weight is 302 g/mol. The molecule has 0 spiro atoms. The summed E-state index contributed by atoms with van der Waals surface area (Å²) in [7, 11) is 1.69. The number of anilines is 1. The molecule has 2 aromatic rings. The van der Waals surface area contributed by atoms with Gasteiger partial charge in [-0.25, -0.2) is 0 Å². The Morgan fingerprint density at radius 1 is 1.24 bits per heavy atom. The number of rotatable bonds is 1. The molecule has 2 aromatic carbocycles. The maximum absolute atomic E-state index is 6.24. The fourth-order valence-electron chi connectivity index (χ4n) is 3.21. The van der Waals surface area contributed by atoms with Crippen molar-refractivity contribution in [2.45, 2.75) is 25.0 Å². The third kappa shape index (κ3) is 2.12. The molecule has 21 heavy (non-hydrogen) atoms. The Morgan fingerprint density at radius 3 is 3.00 bits per heavy atom. The lowest BCUT2D eigenvalue weighted by atomic mass is 9.84. The van der Waals surface area contributed by atoms with Crippen LogP contribution in [-0.4, -0.2) is 13.2 Å². The van der Waals surface area contributed by atoms with Crippen molar-refractivity contribution in [3.05, 3.63) is 52.5 Å². The molecule has 108 valence electrons. The molecule has 0 saturated heterocycles. The zero-order valence-electron chi connectivity index (χ0n) is 11.7. The molecule has 3 nitrogen and oxygen atoms in total. The van der Waals surface area contributed by atoms with Gasteiger partial charge in [0.1, 0.15) is 17.6 Å². The molecule has 4 rings (SSSR count). The van der Waals surface area contributed by atoms with E-state index in [9.17, 15) is 0 Å². The summed E-state index contributed by atoms with van der Waals surface area (Å²) in [5.74, 6) is 1.69. The second-order valence-corrected chi connectivity index (χ2v) is 5.97. The number of aryl methyl sites for hydroxylation is 1. The van der Waals surface area contributed by atoms with Crippen LogP contribution in [-0.2, 0) is 6.42 Å². The predicted octanol–water partition coefficient (Wildman–Crippen LogP) is 4.21. The predicted molar refractivity (Wildman–Crippen MR) is 83.5 cm³/mol. The topological polar surface area (TPSA) is 30.5 Å². The minimum absolute atomic E-state index is 0.00909. The van der Waals surface area contributed by atoms with Crippen LogP contribution in [0.15, 0.2) is 36.4 Å². The van der Waals surface area contributed by atoms with Crippen molar-refractivity contribution in [3.8, 4) is 11.5 Å². The van der Waals surface area contributed by atoms with Crippen LogP contribution >= 0.6 is 11.6 Å². The summed E-state index contributed by atoms with van der Waals surface area (Å²) in [6.45, 7) is 0. The number of hydrogen-bond acceptors (Lipinski definition) is 3. The lowest BCUT2D eigenvalue weighted by molar-refractivity contribution is 0.157. The SMILES string of the molecule is COc1ccc2c(c1)C1Oc3cc(Cl)ccc3NC1CC2. The molecule has 1 aliphatic heterocycles. The van der Waals surface area contributed by atoms with E-state index in [2.05, 4.69) is 17.4 Å². The van der Waals surface area contributed by atoms with E-state index >= 15 is 0 Å². The fourth-order valence-corrected chi connectivity index (χ4v) is 3.38. The molecule has 0 radical (unpaired) electrons. The summed E-state index contributed by atoms with van der Waals surface area (Å²) in [6, 6.07) is 12.3. The first kappa shape index (κ1) is 12.8. The van der Waals surface area contributed by atoms with Gasteiger partial charge in [0, 0.05) is 16.7 Å². The first-order valence-corrected chi connectivity index (χ1v) is 7.52. The molecule has 1 aliphatic carbocycles. The second-order valence-electron chi connectivity index (χ2n) is 5.53. The molecular formula is C17H16ClNO2. The van der Waals surface area contributed by atoms with Gasteiger partial charge in [-0.05, 0) is 42.7 Å². The maximum Gasteiger partial charge on any atom is 0.144 e. The first-order chi connectivity index (χ1) is 10.2. The number of nitrogens with one attached hydrogen (secondary N) is 1. The summed E-state index contributed by atoms with van der Waals surface area (Å²) in [5, 5.41) is 4.27. The van der Waals surface area contributed by atoms with Crippen molar-refractivity contribution < 1.29 is 9.47 Å². The summed E-state index contributed by atoms with van der Waals surface area (Å²) >= 11 is 6.07. The summed E-state index contributed by atoms with van der Waals surface area (Å²) in [5.41, 5.74) is 3.57. The van der Waals surface area contributed by atoms with Crippen molar-refractivity contribution in [3.63, 3.8) is 0 Å². The number of ether oxygens (including phenoxy) is 2. The molecule has 1 N–H and O–H groups in total. The molecule has 2 unspecified atom stereocenters. The van der Waals surface area contributed by atoms with Crippen molar-refractivity contribution in [1.29, 1.82) is 0 Å². The average Bonchev–Trinajstić information content (AvgIpc) is 2.52. The van der Waals surface area contributed by atoms with Gasteiger partial charge in [0.2, 0.25) is 0 Å². The van der Waals surface area contributed by atoms with Gasteiger partial charge in [0.05, 0.1) is 18.8 Å². The largest absolute Gasteiger partial charge is 0.497 e. The minimum atomic E-state index is 0.00909. The van der Waals surface area contributed by atoms with Gasteiger partial charge >= 0.3 is 0 Å². The number of methoxy groups -OCH3 is 1. The number of fused-ring (bicyclic) bond motifs is 4. The van der Waals surface area contributed by atoms with E-state index in [-0.39, 0.29) is 6.10 Å².